The van der Waals surface area contributed by atoms with E-state index in [2.05, 4.69) is 5.32 Å². The van der Waals surface area contributed by atoms with Gasteiger partial charge in [-0.05, 0) is 36.7 Å². The fourth-order valence-corrected chi connectivity index (χ4v) is 1.63. The average molecular weight is 256 g/mol. The molecule has 90 valence electrons. The quantitative estimate of drug-likeness (QED) is 0.760. The molecule has 1 aromatic carbocycles. The Balaban J connectivity index is 0.00000128. The van der Waals surface area contributed by atoms with E-state index < -0.39 is 17.6 Å². The highest BCUT2D eigenvalue weighted by atomic mass is 35.5. The van der Waals surface area contributed by atoms with Crippen LogP contribution >= 0.6 is 12.4 Å². The summed E-state index contributed by atoms with van der Waals surface area (Å²) in [5.41, 5.74) is -0.741. The molecule has 6 heteroatoms. The van der Waals surface area contributed by atoms with Crippen molar-refractivity contribution in [2.75, 3.05) is 6.54 Å². The van der Waals surface area contributed by atoms with Gasteiger partial charge in [-0.1, -0.05) is 0 Å². The molecule has 1 atom stereocenters. The first-order valence-electron chi connectivity index (χ1n) is 4.58. The molecule has 0 amide bonds. The summed E-state index contributed by atoms with van der Waals surface area (Å²) in [6.45, 7) is 0.679. The minimum Gasteiger partial charge on any atom is -0.310 e. The van der Waals surface area contributed by atoms with Crippen LogP contribution in [0.25, 0.3) is 0 Å². The fraction of sp³-hybridized carbons (Fsp3) is 0.400. The van der Waals surface area contributed by atoms with Crippen molar-refractivity contribution in [2.45, 2.75) is 18.6 Å². The third-order valence-electron chi connectivity index (χ3n) is 2.52. The van der Waals surface area contributed by atoms with Gasteiger partial charge in [0.05, 0.1) is 5.56 Å². The summed E-state index contributed by atoms with van der Waals surface area (Å²) in [5, 5.41) is 2.83. The lowest BCUT2D eigenvalue weighted by atomic mass is 9.93. The normalized spacial score (nSPS) is 19.9. The molecule has 0 saturated carbocycles. The summed E-state index contributed by atoms with van der Waals surface area (Å²) < 4.78 is 50.5. The van der Waals surface area contributed by atoms with Gasteiger partial charge in [0, 0.05) is 6.04 Å². The van der Waals surface area contributed by atoms with Gasteiger partial charge in [0.15, 0.2) is 0 Å². The van der Waals surface area contributed by atoms with Crippen molar-refractivity contribution in [3.05, 3.63) is 35.1 Å². The van der Waals surface area contributed by atoms with Crippen molar-refractivity contribution in [2.24, 2.45) is 0 Å². The minimum absolute atomic E-state index is 0. The highest BCUT2D eigenvalue weighted by Crippen LogP contribution is 2.37. The molecule has 1 saturated heterocycles. The van der Waals surface area contributed by atoms with E-state index in [0.29, 0.717) is 13.0 Å². The second-order valence-electron chi connectivity index (χ2n) is 3.52. The van der Waals surface area contributed by atoms with Crippen LogP contribution in [0, 0.1) is 5.82 Å². The molecule has 1 fully saturated rings. The lowest BCUT2D eigenvalue weighted by molar-refractivity contribution is -0.138. The van der Waals surface area contributed by atoms with Gasteiger partial charge in [0.25, 0.3) is 0 Å². The molecule has 2 rings (SSSR count). The predicted octanol–water partition coefficient (Wildman–Crippen LogP) is 3.30. The standard InChI is InChI=1S/C10H9F4N.ClH/c11-6-1-2-8(10(12,13)14)7(5-6)9-3-4-15-9;/h1-2,5,9,15H,3-4H2;1H/t9-;/m0./s1. The number of alkyl halides is 3. The Morgan fingerprint density at radius 2 is 1.88 bits per heavy atom. The third-order valence-corrected chi connectivity index (χ3v) is 2.52. The van der Waals surface area contributed by atoms with Crippen LogP contribution in [0.3, 0.4) is 0 Å². The summed E-state index contributed by atoms with van der Waals surface area (Å²) in [4.78, 5) is 0. The second-order valence-corrected chi connectivity index (χ2v) is 3.52. The summed E-state index contributed by atoms with van der Waals surface area (Å²) in [6.07, 6.45) is -3.80. The van der Waals surface area contributed by atoms with E-state index in [4.69, 9.17) is 0 Å². The molecular formula is C10H10ClF4N. The minimum atomic E-state index is -4.42. The molecule has 1 heterocycles. The Kier molecular flexibility index (Phi) is 3.80. The number of rotatable bonds is 1. The van der Waals surface area contributed by atoms with Crippen molar-refractivity contribution in [3.8, 4) is 0 Å². The van der Waals surface area contributed by atoms with Gasteiger partial charge >= 0.3 is 6.18 Å². The topological polar surface area (TPSA) is 12.0 Å². The van der Waals surface area contributed by atoms with E-state index in [0.717, 1.165) is 18.2 Å². The molecule has 0 aromatic heterocycles. The van der Waals surface area contributed by atoms with E-state index >= 15 is 0 Å². The zero-order chi connectivity index (χ0) is 11.1. The van der Waals surface area contributed by atoms with Gasteiger partial charge in [-0.15, -0.1) is 12.4 Å². The van der Waals surface area contributed by atoms with Crippen LogP contribution < -0.4 is 5.32 Å². The van der Waals surface area contributed by atoms with Crippen LogP contribution in [0.1, 0.15) is 23.6 Å². The predicted molar refractivity (Wildman–Crippen MR) is 54.0 cm³/mol. The average Bonchev–Trinajstić information content (AvgIpc) is 1.98. The lowest BCUT2D eigenvalue weighted by Gasteiger charge is -2.30. The first-order chi connectivity index (χ1) is 6.98. The van der Waals surface area contributed by atoms with Crippen molar-refractivity contribution < 1.29 is 17.6 Å². The Bertz CT molecular complexity index is 374. The third kappa shape index (κ3) is 2.47. The van der Waals surface area contributed by atoms with Crippen molar-refractivity contribution in [1.29, 1.82) is 0 Å². The molecule has 0 spiro atoms. The van der Waals surface area contributed by atoms with Crippen molar-refractivity contribution in [3.63, 3.8) is 0 Å². The van der Waals surface area contributed by atoms with E-state index in [1.807, 2.05) is 0 Å². The van der Waals surface area contributed by atoms with Crippen LogP contribution in [0.15, 0.2) is 18.2 Å². The van der Waals surface area contributed by atoms with E-state index in [-0.39, 0.29) is 24.0 Å². The maximum Gasteiger partial charge on any atom is 0.416 e. The monoisotopic (exact) mass is 255 g/mol. The first-order valence-corrected chi connectivity index (χ1v) is 4.58. The molecule has 1 aliphatic rings. The number of hydrogen-bond donors (Lipinski definition) is 1. The summed E-state index contributed by atoms with van der Waals surface area (Å²) >= 11 is 0. The highest BCUT2D eigenvalue weighted by molar-refractivity contribution is 5.85. The Morgan fingerprint density at radius 1 is 1.25 bits per heavy atom. The molecule has 0 bridgehead atoms. The summed E-state index contributed by atoms with van der Waals surface area (Å²) in [7, 11) is 0. The van der Waals surface area contributed by atoms with Gasteiger partial charge in [-0.25, -0.2) is 4.39 Å². The fourth-order valence-electron chi connectivity index (χ4n) is 1.63. The van der Waals surface area contributed by atoms with Gasteiger partial charge in [-0.3, -0.25) is 0 Å². The summed E-state index contributed by atoms with van der Waals surface area (Å²) in [6, 6.07) is 2.23. The van der Waals surface area contributed by atoms with Gasteiger partial charge in [0.1, 0.15) is 5.82 Å². The molecule has 1 nitrogen and oxygen atoms in total. The maximum absolute atomic E-state index is 12.9. The Morgan fingerprint density at radius 3 is 2.31 bits per heavy atom. The molecule has 1 aliphatic heterocycles. The van der Waals surface area contributed by atoms with Crippen LogP contribution in [0.4, 0.5) is 17.6 Å². The lowest BCUT2D eigenvalue weighted by Crippen LogP contribution is -2.36. The van der Waals surface area contributed by atoms with Gasteiger partial charge in [-0.2, -0.15) is 13.2 Å². The SMILES string of the molecule is Cl.Fc1ccc(C(F)(F)F)c([C@@H]2CCN2)c1. The van der Waals surface area contributed by atoms with Crippen molar-refractivity contribution in [1.82, 2.24) is 5.32 Å². The Hall–Kier alpha value is -0.810. The summed E-state index contributed by atoms with van der Waals surface area (Å²) in [5.74, 6) is -0.633. The smallest absolute Gasteiger partial charge is 0.310 e. The molecule has 0 aliphatic carbocycles. The molecule has 1 aromatic rings. The molecule has 0 unspecified atom stereocenters. The van der Waals surface area contributed by atoms with E-state index in [9.17, 15) is 17.6 Å². The largest absolute Gasteiger partial charge is 0.416 e. The highest BCUT2D eigenvalue weighted by Gasteiger charge is 2.36. The van der Waals surface area contributed by atoms with Crippen LogP contribution in [0.5, 0.6) is 0 Å². The van der Waals surface area contributed by atoms with E-state index in [1.54, 1.807) is 0 Å². The number of hydrogen-bond acceptors (Lipinski definition) is 1. The zero-order valence-electron chi connectivity index (χ0n) is 8.14. The molecule has 1 N–H and O–H groups in total. The zero-order valence-corrected chi connectivity index (χ0v) is 8.96. The number of benzene rings is 1. The maximum atomic E-state index is 12.9. The van der Waals surface area contributed by atoms with E-state index in [1.165, 1.54) is 0 Å². The van der Waals surface area contributed by atoms with Gasteiger partial charge in [0.2, 0.25) is 0 Å². The number of halogens is 5. The van der Waals surface area contributed by atoms with Crippen LogP contribution in [-0.4, -0.2) is 6.54 Å². The van der Waals surface area contributed by atoms with Crippen LogP contribution in [-0.2, 0) is 6.18 Å². The Labute approximate surface area is 96.3 Å². The molecular weight excluding hydrogens is 246 g/mol. The number of nitrogens with one attached hydrogen (secondary N) is 1. The molecule has 16 heavy (non-hydrogen) atoms. The molecule has 0 radical (unpaired) electrons. The van der Waals surface area contributed by atoms with Gasteiger partial charge < -0.3 is 5.32 Å². The first kappa shape index (κ1) is 13.3. The van der Waals surface area contributed by atoms with Crippen molar-refractivity contribution >= 4 is 12.4 Å². The second kappa shape index (κ2) is 4.59. The van der Waals surface area contributed by atoms with Crippen LogP contribution in [0.2, 0.25) is 0 Å².